The minimum Gasteiger partial charge on any atom is -0.497 e. The van der Waals surface area contributed by atoms with Crippen LogP contribution in [0, 0.1) is 0 Å². The summed E-state index contributed by atoms with van der Waals surface area (Å²) in [6.07, 6.45) is 7.85. The minimum atomic E-state index is -0.462. The third-order valence-corrected chi connectivity index (χ3v) is 6.25. The topological polar surface area (TPSA) is 88.8 Å². The summed E-state index contributed by atoms with van der Waals surface area (Å²) in [5.74, 6) is 0.675. The Labute approximate surface area is 173 Å². The Morgan fingerprint density at radius 2 is 2.10 bits per heavy atom. The first-order chi connectivity index (χ1) is 14.6. The van der Waals surface area contributed by atoms with Crippen molar-refractivity contribution in [2.45, 2.75) is 37.3 Å². The van der Waals surface area contributed by atoms with Crippen molar-refractivity contribution in [3.8, 4) is 5.75 Å². The molecule has 5 rings (SSSR count). The minimum absolute atomic E-state index is 0.0421. The van der Waals surface area contributed by atoms with Crippen LogP contribution in [0.5, 0.6) is 5.75 Å². The second-order valence-corrected chi connectivity index (χ2v) is 7.93. The largest absolute Gasteiger partial charge is 0.497 e. The highest BCUT2D eigenvalue weighted by atomic mass is 16.5. The summed E-state index contributed by atoms with van der Waals surface area (Å²) in [6.45, 7) is 0.608. The first-order valence-corrected chi connectivity index (χ1v) is 10.2. The number of benzene rings is 1. The van der Waals surface area contributed by atoms with Gasteiger partial charge in [-0.2, -0.15) is 5.10 Å². The van der Waals surface area contributed by atoms with E-state index in [0.29, 0.717) is 30.6 Å². The molecule has 0 saturated carbocycles. The maximum absolute atomic E-state index is 13.7. The molecule has 2 aliphatic heterocycles. The highest BCUT2D eigenvalue weighted by molar-refractivity contribution is 6.00. The van der Waals surface area contributed by atoms with Gasteiger partial charge in [0.1, 0.15) is 11.3 Å². The molecule has 0 bridgehead atoms. The molecular formula is C22H23N5O3. The Morgan fingerprint density at radius 1 is 1.27 bits per heavy atom. The van der Waals surface area contributed by atoms with Crippen LogP contribution in [0.2, 0.25) is 0 Å². The average molecular weight is 405 g/mol. The lowest BCUT2D eigenvalue weighted by Gasteiger charge is -2.48. The van der Waals surface area contributed by atoms with Gasteiger partial charge in [0, 0.05) is 25.4 Å². The normalized spacial score (nSPS) is 23.7. The summed E-state index contributed by atoms with van der Waals surface area (Å²) in [6, 6.07) is 9.26. The fourth-order valence-electron chi connectivity index (χ4n) is 4.90. The summed E-state index contributed by atoms with van der Waals surface area (Å²) in [7, 11) is 1.63. The van der Waals surface area contributed by atoms with Crippen LogP contribution in [0.3, 0.4) is 0 Å². The van der Waals surface area contributed by atoms with Crippen molar-refractivity contribution >= 4 is 17.5 Å². The van der Waals surface area contributed by atoms with Crippen LogP contribution in [0.25, 0.3) is 5.65 Å². The zero-order valence-corrected chi connectivity index (χ0v) is 16.7. The van der Waals surface area contributed by atoms with Crippen molar-refractivity contribution in [2.75, 3.05) is 13.7 Å². The van der Waals surface area contributed by atoms with Gasteiger partial charge in [0.2, 0.25) is 5.91 Å². The average Bonchev–Trinajstić information content (AvgIpc) is 3.37. The maximum Gasteiger partial charge on any atom is 0.259 e. The summed E-state index contributed by atoms with van der Waals surface area (Å²) < 4.78 is 6.91. The van der Waals surface area contributed by atoms with Crippen molar-refractivity contribution in [1.29, 1.82) is 0 Å². The van der Waals surface area contributed by atoms with Gasteiger partial charge in [0.25, 0.3) is 5.91 Å². The molecule has 2 fully saturated rings. The zero-order chi connectivity index (χ0) is 20.7. The molecular weight excluding hydrogens is 382 g/mol. The number of ether oxygens (including phenoxy) is 1. The number of hydrogen-bond acceptors (Lipinski definition) is 5. The molecule has 8 nitrogen and oxygen atoms in total. The molecule has 1 N–H and O–H groups in total. The summed E-state index contributed by atoms with van der Waals surface area (Å²) in [5.41, 5.74) is 1.52. The van der Waals surface area contributed by atoms with E-state index in [2.05, 4.69) is 15.4 Å². The van der Waals surface area contributed by atoms with Crippen LogP contribution in [0.15, 0.2) is 48.9 Å². The van der Waals surface area contributed by atoms with Gasteiger partial charge in [-0.3, -0.25) is 9.59 Å². The number of rotatable bonds is 3. The Balaban J connectivity index is 1.59. The van der Waals surface area contributed by atoms with Crippen LogP contribution in [0.4, 0.5) is 0 Å². The lowest BCUT2D eigenvalue weighted by atomic mass is 9.76. The number of methoxy groups -OCH3 is 1. The Hall–Kier alpha value is -3.42. The smallest absolute Gasteiger partial charge is 0.259 e. The number of carbonyl (C=O) groups excluding carboxylic acids is 2. The van der Waals surface area contributed by atoms with E-state index in [9.17, 15) is 9.59 Å². The highest BCUT2D eigenvalue weighted by Crippen LogP contribution is 2.45. The third kappa shape index (κ3) is 2.91. The number of likely N-dealkylation sites (tertiary alicyclic amines) is 1. The molecule has 2 aliphatic rings. The van der Waals surface area contributed by atoms with Crippen LogP contribution >= 0.6 is 0 Å². The number of aromatic nitrogens is 3. The molecule has 4 heterocycles. The highest BCUT2D eigenvalue weighted by Gasteiger charge is 2.51. The fraction of sp³-hybridized carbons (Fsp3) is 0.364. The van der Waals surface area contributed by atoms with Gasteiger partial charge in [-0.25, -0.2) is 9.50 Å². The predicted molar refractivity (Wildman–Crippen MR) is 109 cm³/mol. The van der Waals surface area contributed by atoms with Crippen LogP contribution in [0.1, 0.15) is 47.6 Å². The van der Waals surface area contributed by atoms with E-state index >= 15 is 0 Å². The zero-order valence-electron chi connectivity index (χ0n) is 16.7. The SMILES string of the molecule is COc1ccc([C@H]2N(C(=O)c3cnn4cccnc34)CCC[C@]23CCC(=O)N3)cc1. The molecule has 30 heavy (non-hydrogen) atoms. The van der Waals surface area contributed by atoms with Gasteiger partial charge in [0.15, 0.2) is 5.65 Å². The molecule has 0 aliphatic carbocycles. The number of carbonyl (C=O) groups is 2. The summed E-state index contributed by atoms with van der Waals surface area (Å²) in [4.78, 5) is 32.1. The van der Waals surface area contributed by atoms with E-state index in [0.717, 1.165) is 24.2 Å². The van der Waals surface area contributed by atoms with Crippen molar-refractivity contribution in [1.82, 2.24) is 24.8 Å². The quantitative estimate of drug-likeness (QED) is 0.723. The number of piperidine rings is 1. The molecule has 0 radical (unpaired) electrons. The van der Waals surface area contributed by atoms with E-state index < -0.39 is 5.54 Å². The van der Waals surface area contributed by atoms with E-state index in [1.807, 2.05) is 29.2 Å². The summed E-state index contributed by atoms with van der Waals surface area (Å²) >= 11 is 0. The van der Waals surface area contributed by atoms with Crippen LogP contribution < -0.4 is 10.1 Å². The number of amides is 2. The van der Waals surface area contributed by atoms with Crippen molar-refractivity contribution in [3.63, 3.8) is 0 Å². The Morgan fingerprint density at radius 3 is 2.83 bits per heavy atom. The molecule has 8 heteroatoms. The number of hydrogen-bond donors (Lipinski definition) is 1. The van der Waals surface area contributed by atoms with E-state index in [1.54, 1.807) is 36.3 Å². The predicted octanol–water partition coefficient (Wildman–Crippen LogP) is 2.36. The van der Waals surface area contributed by atoms with Crippen LogP contribution in [-0.2, 0) is 4.79 Å². The molecule has 2 amide bonds. The fourth-order valence-corrected chi connectivity index (χ4v) is 4.90. The van der Waals surface area contributed by atoms with Crippen molar-refractivity contribution < 1.29 is 14.3 Å². The van der Waals surface area contributed by atoms with E-state index in [4.69, 9.17) is 4.74 Å². The second kappa shape index (κ2) is 7.12. The third-order valence-electron chi connectivity index (χ3n) is 6.25. The van der Waals surface area contributed by atoms with Gasteiger partial charge in [-0.1, -0.05) is 12.1 Å². The maximum atomic E-state index is 13.7. The lowest BCUT2D eigenvalue weighted by Crippen LogP contribution is -2.58. The second-order valence-electron chi connectivity index (χ2n) is 7.93. The van der Waals surface area contributed by atoms with E-state index in [-0.39, 0.29) is 17.9 Å². The molecule has 2 saturated heterocycles. The monoisotopic (exact) mass is 405 g/mol. The molecule has 2 atom stereocenters. The van der Waals surface area contributed by atoms with Gasteiger partial charge < -0.3 is 15.0 Å². The molecule has 1 aromatic carbocycles. The van der Waals surface area contributed by atoms with Gasteiger partial charge in [-0.15, -0.1) is 0 Å². The van der Waals surface area contributed by atoms with Crippen LogP contribution in [-0.4, -0.2) is 50.5 Å². The van der Waals surface area contributed by atoms with Gasteiger partial charge in [-0.05, 0) is 43.0 Å². The Kier molecular flexibility index (Phi) is 4.42. The molecule has 2 aromatic heterocycles. The number of nitrogens with one attached hydrogen (secondary N) is 1. The first kappa shape index (κ1) is 18.6. The Bertz CT molecular complexity index is 1110. The molecule has 0 unspecified atom stereocenters. The molecule has 3 aromatic rings. The molecule has 1 spiro atoms. The van der Waals surface area contributed by atoms with Gasteiger partial charge in [0.05, 0.1) is 24.9 Å². The first-order valence-electron chi connectivity index (χ1n) is 10.2. The number of fused-ring (bicyclic) bond motifs is 1. The van der Waals surface area contributed by atoms with E-state index in [1.165, 1.54) is 0 Å². The summed E-state index contributed by atoms with van der Waals surface area (Å²) in [5, 5.41) is 7.49. The standard InChI is InChI=1S/C22H23N5O3/c1-30-16-6-4-15(5-7-16)19-22(10-8-18(28)25-22)9-2-12-26(19)21(29)17-14-24-27-13-3-11-23-20(17)27/h3-7,11,13-14,19H,2,8-10,12H2,1H3,(H,25,28)/t19-,22+/m1/s1. The van der Waals surface area contributed by atoms with Crippen molar-refractivity contribution in [3.05, 3.63) is 60.0 Å². The number of nitrogens with zero attached hydrogens (tertiary/aromatic N) is 4. The molecule has 154 valence electrons. The van der Waals surface area contributed by atoms with Crippen molar-refractivity contribution in [2.24, 2.45) is 0 Å². The van der Waals surface area contributed by atoms with Gasteiger partial charge >= 0.3 is 0 Å². The lowest BCUT2D eigenvalue weighted by molar-refractivity contribution is -0.120.